The van der Waals surface area contributed by atoms with E-state index in [1.807, 2.05) is 13.8 Å². The molecule has 0 aliphatic heterocycles. The van der Waals surface area contributed by atoms with Crippen molar-refractivity contribution in [2.45, 2.75) is 84.1 Å². The van der Waals surface area contributed by atoms with Crippen molar-refractivity contribution in [3.05, 3.63) is 0 Å². The molecule has 3 N–H and O–H groups in total. The van der Waals surface area contributed by atoms with Gasteiger partial charge in [-0.1, -0.05) is 26.7 Å². The topological polar surface area (TPSA) is 87.7 Å². The second-order valence-corrected chi connectivity index (χ2v) is 7.33. The van der Waals surface area contributed by atoms with Gasteiger partial charge in [0.25, 0.3) is 0 Å². The SMILES string of the molecule is CC(C)[C@@H](NC(=O)OC(C)(C)C)C(=O)NC1CCCC[C@H]1O. The molecule has 2 amide bonds. The lowest BCUT2D eigenvalue weighted by Gasteiger charge is -2.31. The smallest absolute Gasteiger partial charge is 0.408 e. The molecular weight excluding hydrogens is 284 g/mol. The van der Waals surface area contributed by atoms with E-state index >= 15 is 0 Å². The van der Waals surface area contributed by atoms with Gasteiger partial charge in [-0.15, -0.1) is 0 Å². The minimum absolute atomic E-state index is 0.0757. The molecule has 0 aromatic heterocycles. The summed E-state index contributed by atoms with van der Waals surface area (Å²) in [5.74, 6) is -0.347. The van der Waals surface area contributed by atoms with Crippen LogP contribution >= 0.6 is 0 Å². The maximum atomic E-state index is 12.4. The highest BCUT2D eigenvalue weighted by molar-refractivity contribution is 5.86. The molecular formula is C16H30N2O4. The largest absolute Gasteiger partial charge is 0.444 e. The van der Waals surface area contributed by atoms with Gasteiger partial charge in [-0.3, -0.25) is 4.79 Å². The van der Waals surface area contributed by atoms with E-state index < -0.39 is 23.8 Å². The van der Waals surface area contributed by atoms with E-state index in [2.05, 4.69) is 10.6 Å². The molecule has 3 atom stereocenters. The Hall–Kier alpha value is -1.30. The number of carbonyl (C=O) groups is 2. The van der Waals surface area contributed by atoms with Crippen LogP contribution in [0.4, 0.5) is 4.79 Å². The molecule has 0 radical (unpaired) electrons. The lowest BCUT2D eigenvalue weighted by molar-refractivity contribution is -0.126. The van der Waals surface area contributed by atoms with E-state index in [9.17, 15) is 14.7 Å². The van der Waals surface area contributed by atoms with E-state index in [1.165, 1.54) is 0 Å². The zero-order chi connectivity index (χ0) is 16.9. The predicted octanol–water partition coefficient (Wildman–Crippen LogP) is 1.96. The van der Waals surface area contributed by atoms with Crippen LogP contribution in [0.25, 0.3) is 0 Å². The summed E-state index contributed by atoms with van der Waals surface area (Å²) in [6, 6.07) is -0.910. The number of amides is 2. The van der Waals surface area contributed by atoms with Crippen LogP contribution in [0.1, 0.15) is 60.3 Å². The summed E-state index contributed by atoms with van der Waals surface area (Å²) < 4.78 is 5.20. The summed E-state index contributed by atoms with van der Waals surface area (Å²) in [5, 5.41) is 15.4. The van der Waals surface area contributed by atoms with Gasteiger partial charge < -0.3 is 20.5 Å². The third-order valence-corrected chi connectivity index (χ3v) is 3.68. The van der Waals surface area contributed by atoms with Gasteiger partial charge in [0.2, 0.25) is 5.91 Å². The highest BCUT2D eigenvalue weighted by atomic mass is 16.6. The van der Waals surface area contributed by atoms with Crippen molar-refractivity contribution in [2.75, 3.05) is 0 Å². The Bertz CT molecular complexity index is 390. The molecule has 0 heterocycles. The Kier molecular flexibility index (Phi) is 6.66. The number of hydrogen-bond acceptors (Lipinski definition) is 4. The molecule has 0 saturated heterocycles. The summed E-state index contributed by atoms with van der Waals surface area (Å²) >= 11 is 0. The van der Waals surface area contributed by atoms with Gasteiger partial charge in [-0.2, -0.15) is 0 Å². The molecule has 1 aliphatic rings. The third kappa shape index (κ3) is 6.22. The fourth-order valence-corrected chi connectivity index (χ4v) is 2.52. The lowest BCUT2D eigenvalue weighted by Crippen LogP contribution is -2.55. The zero-order valence-electron chi connectivity index (χ0n) is 14.3. The molecule has 1 rings (SSSR count). The fraction of sp³-hybridized carbons (Fsp3) is 0.875. The molecule has 1 saturated carbocycles. The number of hydrogen-bond donors (Lipinski definition) is 3. The van der Waals surface area contributed by atoms with Crippen LogP contribution in [0.5, 0.6) is 0 Å². The molecule has 0 spiro atoms. The van der Waals surface area contributed by atoms with Crippen LogP contribution in [0.15, 0.2) is 0 Å². The standard InChI is InChI=1S/C16H30N2O4/c1-10(2)13(18-15(21)22-16(3,4)5)14(20)17-11-8-6-7-9-12(11)19/h10-13,19H,6-9H2,1-5H3,(H,17,20)(H,18,21)/t11?,12-,13-/m1/s1. The molecule has 0 aromatic carbocycles. The molecule has 1 unspecified atom stereocenters. The van der Waals surface area contributed by atoms with Crippen molar-refractivity contribution < 1.29 is 19.4 Å². The van der Waals surface area contributed by atoms with Crippen LogP contribution in [-0.2, 0) is 9.53 Å². The van der Waals surface area contributed by atoms with Crippen LogP contribution in [0.3, 0.4) is 0 Å². The first kappa shape index (κ1) is 18.7. The maximum absolute atomic E-state index is 12.4. The van der Waals surface area contributed by atoms with Crippen molar-refractivity contribution in [1.82, 2.24) is 10.6 Å². The Morgan fingerprint density at radius 3 is 2.27 bits per heavy atom. The number of rotatable bonds is 4. The van der Waals surface area contributed by atoms with Gasteiger partial charge in [0.05, 0.1) is 12.1 Å². The summed E-state index contributed by atoms with van der Waals surface area (Å²) in [5.41, 5.74) is -0.609. The van der Waals surface area contributed by atoms with Crippen LogP contribution < -0.4 is 10.6 Å². The fourth-order valence-electron chi connectivity index (χ4n) is 2.52. The molecule has 1 fully saturated rings. The van der Waals surface area contributed by atoms with Crippen molar-refractivity contribution in [2.24, 2.45) is 5.92 Å². The van der Waals surface area contributed by atoms with E-state index in [0.29, 0.717) is 6.42 Å². The average Bonchev–Trinajstić information content (AvgIpc) is 2.36. The van der Waals surface area contributed by atoms with Gasteiger partial charge in [0.1, 0.15) is 11.6 Å². The first-order chi connectivity index (χ1) is 10.1. The summed E-state index contributed by atoms with van der Waals surface area (Å²) in [4.78, 5) is 24.3. The van der Waals surface area contributed by atoms with Crippen LogP contribution in [-0.4, -0.2) is 40.9 Å². The summed E-state index contributed by atoms with van der Waals surface area (Å²) in [6.07, 6.45) is 2.34. The summed E-state index contributed by atoms with van der Waals surface area (Å²) in [7, 11) is 0. The van der Waals surface area contributed by atoms with E-state index in [-0.39, 0.29) is 17.9 Å². The van der Waals surface area contributed by atoms with Gasteiger partial charge in [-0.05, 0) is 39.5 Å². The van der Waals surface area contributed by atoms with Crippen LogP contribution in [0, 0.1) is 5.92 Å². The van der Waals surface area contributed by atoms with Crippen LogP contribution in [0.2, 0.25) is 0 Å². The van der Waals surface area contributed by atoms with E-state index in [0.717, 1.165) is 19.3 Å². The number of alkyl carbamates (subject to hydrolysis) is 1. The molecule has 1 aliphatic carbocycles. The number of aliphatic hydroxyl groups excluding tert-OH is 1. The Morgan fingerprint density at radius 1 is 1.18 bits per heavy atom. The van der Waals surface area contributed by atoms with E-state index in [4.69, 9.17) is 4.74 Å². The van der Waals surface area contributed by atoms with Crippen molar-refractivity contribution in [1.29, 1.82) is 0 Å². The molecule has 6 nitrogen and oxygen atoms in total. The first-order valence-electron chi connectivity index (χ1n) is 8.08. The zero-order valence-corrected chi connectivity index (χ0v) is 14.3. The Balaban J connectivity index is 2.61. The predicted molar refractivity (Wildman–Crippen MR) is 84.4 cm³/mol. The monoisotopic (exact) mass is 314 g/mol. The molecule has 128 valence electrons. The van der Waals surface area contributed by atoms with Crippen molar-refractivity contribution in [3.63, 3.8) is 0 Å². The minimum Gasteiger partial charge on any atom is -0.444 e. The van der Waals surface area contributed by atoms with Crippen molar-refractivity contribution >= 4 is 12.0 Å². The Labute approximate surface area is 133 Å². The number of carbonyl (C=O) groups excluding carboxylic acids is 2. The van der Waals surface area contributed by atoms with Gasteiger partial charge in [0.15, 0.2) is 0 Å². The van der Waals surface area contributed by atoms with Gasteiger partial charge >= 0.3 is 6.09 Å². The quantitative estimate of drug-likeness (QED) is 0.740. The van der Waals surface area contributed by atoms with Gasteiger partial charge in [0, 0.05) is 0 Å². The lowest BCUT2D eigenvalue weighted by atomic mass is 9.92. The highest BCUT2D eigenvalue weighted by Gasteiger charge is 2.31. The number of nitrogens with one attached hydrogen (secondary N) is 2. The highest BCUT2D eigenvalue weighted by Crippen LogP contribution is 2.19. The normalized spacial score (nSPS) is 23.8. The van der Waals surface area contributed by atoms with Crippen molar-refractivity contribution in [3.8, 4) is 0 Å². The number of ether oxygens (including phenoxy) is 1. The molecule has 0 aromatic rings. The number of aliphatic hydroxyl groups is 1. The first-order valence-corrected chi connectivity index (χ1v) is 8.08. The third-order valence-electron chi connectivity index (χ3n) is 3.68. The Morgan fingerprint density at radius 2 is 1.77 bits per heavy atom. The van der Waals surface area contributed by atoms with E-state index in [1.54, 1.807) is 20.8 Å². The molecule has 6 heteroatoms. The maximum Gasteiger partial charge on any atom is 0.408 e. The van der Waals surface area contributed by atoms with Gasteiger partial charge in [-0.25, -0.2) is 4.79 Å². The second kappa shape index (κ2) is 7.81. The average molecular weight is 314 g/mol. The molecule has 22 heavy (non-hydrogen) atoms. The second-order valence-electron chi connectivity index (χ2n) is 7.33. The summed E-state index contributed by atoms with van der Waals surface area (Å²) in [6.45, 7) is 9.04. The molecule has 0 bridgehead atoms. The minimum atomic E-state index is -0.677.